The molecular formula is C20H21N3O4. The average Bonchev–Trinajstić information content (AvgIpc) is 3.14. The number of H-pyrrole nitrogens is 1. The molecule has 2 aromatic carbocycles. The Bertz CT molecular complexity index is 920. The zero-order valence-corrected chi connectivity index (χ0v) is 15.4. The van der Waals surface area contributed by atoms with E-state index < -0.39 is 0 Å². The lowest BCUT2D eigenvalue weighted by molar-refractivity contribution is 0.0951. The molecule has 0 aliphatic rings. The van der Waals surface area contributed by atoms with Crippen LogP contribution in [0, 0.1) is 0 Å². The molecule has 3 rings (SSSR count). The van der Waals surface area contributed by atoms with Gasteiger partial charge in [0.15, 0.2) is 0 Å². The molecule has 0 fully saturated rings. The first-order valence-electron chi connectivity index (χ1n) is 8.46. The number of methoxy groups -OCH3 is 2. The third kappa shape index (κ3) is 4.03. The summed E-state index contributed by atoms with van der Waals surface area (Å²) in [5, 5.41) is 4.76. The lowest BCUT2D eigenvalue weighted by Gasteiger charge is -2.05. The summed E-state index contributed by atoms with van der Waals surface area (Å²) >= 11 is 0. The van der Waals surface area contributed by atoms with Crippen molar-refractivity contribution in [2.24, 2.45) is 5.10 Å². The van der Waals surface area contributed by atoms with Crippen LogP contribution in [0.5, 0.6) is 17.2 Å². The van der Waals surface area contributed by atoms with Crippen LogP contribution in [0.2, 0.25) is 0 Å². The van der Waals surface area contributed by atoms with Crippen LogP contribution in [0.4, 0.5) is 0 Å². The lowest BCUT2D eigenvalue weighted by atomic mass is 10.2. The zero-order chi connectivity index (χ0) is 19.2. The molecule has 0 atom stereocenters. The summed E-state index contributed by atoms with van der Waals surface area (Å²) in [6.45, 7) is 2.55. The highest BCUT2D eigenvalue weighted by Gasteiger charge is 2.15. The number of hydrogen-bond acceptors (Lipinski definition) is 5. The SMILES string of the molecule is CCOc1ccc(C=NNC(=O)c2cc3c(OC)ccc(OC)c3[nH]2)cc1. The highest BCUT2D eigenvalue weighted by molar-refractivity contribution is 6.01. The van der Waals surface area contributed by atoms with E-state index in [0.29, 0.717) is 29.3 Å². The van der Waals surface area contributed by atoms with Gasteiger partial charge in [0.1, 0.15) is 22.9 Å². The van der Waals surface area contributed by atoms with E-state index in [1.165, 1.54) is 0 Å². The van der Waals surface area contributed by atoms with Crippen molar-refractivity contribution < 1.29 is 19.0 Å². The van der Waals surface area contributed by atoms with E-state index in [4.69, 9.17) is 14.2 Å². The van der Waals surface area contributed by atoms with Crippen molar-refractivity contribution in [1.82, 2.24) is 10.4 Å². The van der Waals surface area contributed by atoms with Crippen LogP contribution in [0.3, 0.4) is 0 Å². The van der Waals surface area contributed by atoms with Crippen LogP contribution >= 0.6 is 0 Å². The molecular weight excluding hydrogens is 346 g/mol. The average molecular weight is 367 g/mol. The molecule has 7 nitrogen and oxygen atoms in total. The summed E-state index contributed by atoms with van der Waals surface area (Å²) in [5.74, 6) is 1.71. The van der Waals surface area contributed by atoms with Gasteiger partial charge in [-0.25, -0.2) is 5.43 Å². The maximum atomic E-state index is 12.4. The Balaban J connectivity index is 1.74. The molecule has 0 bridgehead atoms. The summed E-state index contributed by atoms with van der Waals surface area (Å²) in [7, 11) is 3.15. The number of aromatic nitrogens is 1. The number of aromatic amines is 1. The molecule has 0 unspecified atom stereocenters. The van der Waals surface area contributed by atoms with Gasteiger partial charge in [-0.15, -0.1) is 0 Å². The second-order valence-electron chi connectivity index (χ2n) is 5.64. The minimum absolute atomic E-state index is 0.358. The minimum Gasteiger partial charge on any atom is -0.496 e. The Morgan fingerprint density at radius 2 is 1.81 bits per heavy atom. The number of ether oxygens (including phenoxy) is 3. The third-order valence-corrected chi connectivity index (χ3v) is 3.97. The molecule has 0 saturated carbocycles. The molecule has 0 radical (unpaired) electrons. The van der Waals surface area contributed by atoms with E-state index in [2.05, 4.69) is 15.5 Å². The van der Waals surface area contributed by atoms with Gasteiger partial charge < -0.3 is 19.2 Å². The summed E-state index contributed by atoms with van der Waals surface area (Å²) in [4.78, 5) is 15.4. The van der Waals surface area contributed by atoms with Gasteiger partial charge in [-0.3, -0.25) is 4.79 Å². The van der Waals surface area contributed by atoms with Crippen molar-refractivity contribution in [3.05, 3.63) is 53.7 Å². The lowest BCUT2D eigenvalue weighted by Crippen LogP contribution is -2.17. The molecule has 0 aliphatic carbocycles. The fourth-order valence-corrected chi connectivity index (χ4v) is 2.68. The monoisotopic (exact) mass is 367 g/mol. The maximum absolute atomic E-state index is 12.4. The van der Waals surface area contributed by atoms with Crippen LogP contribution in [0.15, 0.2) is 47.6 Å². The molecule has 7 heteroatoms. The number of rotatable bonds is 7. The molecule has 1 amide bonds. The van der Waals surface area contributed by atoms with E-state index in [0.717, 1.165) is 16.7 Å². The van der Waals surface area contributed by atoms with Gasteiger partial charge in [-0.1, -0.05) is 0 Å². The first-order chi connectivity index (χ1) is 13.2. The normalized spacial score (nSPS) is 10.9. The number of fused-ring (bicyclic) bond motifs is 1. The second-order valence-corrected chi connectivity index (χ2v) is 5.64. The maximum Gasteiger partial charge on any atom is 0.287 e. The largest absolute Gasteiger partial charge is 0.496 e. The van der Waals surface area contributed by atoms with Crippen molar-refractivity contribution in [3.8, 4) is 17.2 Å². The van der Waals surface area contributed by atoms with Crippen LogP contribution in [-0.4, -0.2) is 37.9 Å². The highest BCUT2D eigenvalue weighted by atomic mass is 16.5. The van der Waals surface area contributed by atoms with Crippen molar-refractivity contribution in [2.45, 2.75) is 6.92 Å². The summed E-state index contributed by atoms with van der Waals surface area (Å²) in [6, 6.07) is 12.7. The number of carbonyl (C=O) groups is 1. The molecule has 0 aliphatic heterocycles. The van der Waals surface area contributed by atoms with Crippen LogP contribution in [-0.2, 0) is 0 Å². The fraction of sp³-hybridized carbons (Fsp3) is 0.200. The smallest absolute Gasteiger partial charge is 0.287 e. The Kier molecular flexibility index (Phi) is 5.61. The van der Waals surface area contributed by atoms with Gasteiger partial charge in [0.2, 0.25) is 0 Å². The molecule has 2 N–H and O–H groups in total. The van der Waals surface area contributed by atoms with E-state index in [1.807, 2.05) is 31.2 Å². The van der Waals surface area contributed by atoms with Gasteiger partial charge in [0.25, 0.3) is 5.91 Å². The predicted octanol–water partition coefficient (Wildman–Crippen LogP) is 3.35. The highest BCUT2D eigenvalue weighted by Crippen LogP contribution is 2.33. The van der Waals surface area contributed by atoms with E-state index >= 15 is 0 Å². The first-order valence-corrected chi connectivity index (χ1v) is 8.46. The first kappa shape index (κ1) is 18.3. The Hall–Kier alpha value is -3.48. The summed E-state index contributed by atoms with van der Waals surface area (Å²) in [5.41, 5.74) is 4.41. The zero-order valence-electron chi connectivity index (χ0n) is 15.4. The van der Waals surface area contributed by atoms with E-state index in [1.54, 1.807) is 38.6 Å². The number of nitrogens with zero attached hydrogens (tertiary/aromatic N) is 1. The topological polar surface area (TPSA) is 84.9 Å². The van der Waals surface area contributed by atoms with Crippen LogP contribution in [0.1, 0.15) is 23.0 Å². The Labute approximate surface area is 156 Å². The second kappa shape index (κ2) is 8.27. The molecule has 3 aromatic rings. The van der Waals surface area contributed by atoms with Crippen molar-refractivity contribution in [3.63, 3.8) is 0 Å². The standard InChI is InChI=1S/C20H21N3O4/c1-4-27-14-7-5-13(6-8-14)12-21-23-20(24)16-11-15-17(25-2)9-10-18(26-3)19(15)22-16/h5-12,22H,4H2,1-3H3,(H,23,24). The number of hydrogen-bond donors (Lipinski definition) is 2. The minimum atomic E-state index is -0.363. The Morgan fingerprint density at radius 3 is 2.48 bits per heavy atom. The van der Waals surface area contributed by atoms with Crippen molar-refractivity contribution >= 4 is 23.0 Å². The van der Waals surface area contributed by atoms with Gasteiger partial charge in [-0.05, 0) is 55.0 Å². The van der Waals surface area contributed by atoms with Crippen LogP contribution in [0.25, 0.3) is 10.9 Å². The predicted molar refractivity (Wildman–Crippen MR) is 104 cm³/mol. The molecule has 140 valence electrons. The van der Waals surface area contributed by atoms with E-state index in [9.17, 15) is 4.79 Å². The van der Waals surface area contributed by atoms with Crippen molar-refractivity contribution in [1.29, 1.82) is 0 Å². The number of nitrogens with one attached hydrogen (secondary N) is 2. The molecule has 1 aromatic heterocycles. The van der Waals surface area contributed by atoms with Gasteiger partial charge in [-0.2, -0.15) is 5.10 Å². The fourth-order valence-electron chi connectivity index (χ4n) is 2.68. The quantitative estimate of drug-likeness (QED) is 0.495. The summed E-state index contributed by atoms with van der Waals surface area (Å²) in [6.07, 6.45) is 1.57. The number of amides is 1. The summed E-state index contributed by atoms with van der Waals surface area (Å²) < 4.78 is 16.1. The van der Waals surface area contributed by atoms with Gasteiger partial charge in [0, 0.05) is 5.39 Å². The molecule has 1 heterocycles. The van der Waals surface area contributed by atoms with Gasteiger partial charge >= 0.3 is 0 Å². The number of benzene rings is 2. The molecule has 27 heavy (non-hydrogen) atoms. The third-order valence-electron chi connectivity index (χ3n) is 3.97. The molecule has 0 saturated heterocycles. The van der Waals surface area contributed by atoms with E-state index in [-0.39, 0.29) is 5.91 Å². The number of carbonyl (C=O) groups excluding carboxylic acids is 1. The Morgan fingerprint density at radius 1 is 1.11 bits per heavy atom. The van der Waals surface area contributed by atoms with Crippen molar-refractivity contribution in [2.75, 3.05) is 20.8 Å². The molecule has 0 spiro atoms. The number of hydrazone groups is 1. The van der Waals surface area contributed by atoms with Crippen LogP contribution < -0.4 is 19.6 Å². The van der Waals surface area contributed by atoms with Gasteiger partial charge in [0.05, 0.1) is 32.6 Å².